The molecule has 0 unspecified atom stereocenters. The average Bonchev–Trinajstić information content (AvgIpc) is 3.30. The molecule has 0 aromatic heterocycles. The maximum absolute atomic E-state index is 9.77. The van der Waals surface area contributed by atoms with Crippen molar-refractivity contribution in [3.63, 3.8) is 0 Å². The van der Waals surface area contributed by atoms with E-state index in [0.29, 0.717) is 0 Å². The topological polar surface area (TPSA) is 69.9 Å². The molecule has 0 bridgehead atoms. The van der Waals surface area contributed by atoms with Gasteiger partial charge in [-0.25, -0.2) is 0 Å². The van der Waals surface area contributed by atoms with Crippen molar-refractivity contribution in [2.24, 2.45) is 0 Å². The third-order valence-corrected chi connectivity index (χ3v) is 9.87. The van der Waals surface area contributed by atoms with Crippen molar-refractivity contribution < 1.29 is 20.1 Å². The Morgan fingerprint density at radius 2 is 0.567 bits per heavy atom. The molecule has 0 radical (unpaired) electrons. The van der Waals surface area contributed by atoms with Crippen LogP contribution in [0.15, 0.2) is 218 Å². The number of phenolic OH excluding ortho intramolecular Hbond substituents is 2. The van der Waals surface area contributed by atoms with Gasteiger partial charge in [-0.1, -0.05) is 197 Å². The van der Waals surface area contributed by atoms with Crippen LogP contribution in [0, 0.1) is 0 Å². The molecule has 0 saturated carbocycles. The Bertz CT molecular complexity index is 2380. The van der Waals surface area contributed by atoms with Crippen LogP contribution < -0.4 is 4.74 Å². The molecule has 8 aromatic carbocycles. The van der Waals surface area contributed by atoms with Gasteiger partial charge in [-0.2, -0.15) is 0 Å². The standard InChI is InChI=1S/C28H24O2.C26H20O2.2CH4/c1-30-26-18-16-25(17-19-26)28(23-10-6-3-7-11-23)27(22-8-4-2-5-9-22)24-14-12-21(20-29)13-15-24;27-23-15-11-21(12-16-23)25(19-7-3-1-4-8-19)26(20-9-5-2-6-10-20)22-13-17-24(28)18-14-22;;/h2-19,29H,20H2,1H3;1-18,27-28H;2*1H4/b28-27+;26-25+;;. The highest BCUT2D eigenvalue weighted by Crippen LogP contribution is 2.39. The van der Waals surface area contributed by atoms with Crippen molar-refractivity contribution in [3.05, 3.63) is 268 Å². The smallest absolute Gasteiger partial charge is 0.118 e. The van der Waals surface area contributed by atoms with Crippen LogP contribution in [0.5, 0.6) is 17.2 Å². The van der Waals surface area contributed by atoms with Crippen LogP contribution >= 0.6 is 0 Å². The molecule has 4 heteroatoms. The van der Waals surface area contributed by atoms with Crippen LogP contribution in [0.2, 0.25) is 0 Å². The molecule has 60 heavy (non-hydrogen) atoms. The molecular weight excluding hydrogens is 737 g/mol. The maximum Gasteiger partial charge on any atom is 0.118 e. The predicted molar refractivity (Wildman–Crippen MR) is 251 cm³/mol. The third-order valence-electron chi connectivity index (χ3n) is 9.87. The number of aromatic hydroxyl groups is 2. The molecule has 0 heterocycles. The summed E-state index contributed by atoms with van der Waals surface area (Å²) >= 11 is 0. The average molecular weight is 789 g/mol. The van der Waals surface area contributed by atoms with E-state index in [1.807, 2.05) is 97.1 Å². The summed E-state index contributed by atoms with van der Waals surface area (Å²) < 4.78 is 5.37. The molecule has 8 rings (SSSR count). The summed E-state index contributed by atoms with van der Waals surface area (Å²) in [5.41, 5.74) is 14.0. The largest absolute Gasteiger partial charge is 0.508 e. The summed E-state index contributed by atoms with van der Waals surface area (Å²) in [6.07, 6.45) is 0. The zero-order valence-corrected chi connectivity index (χ0v) is 32.2. The van der Waals surface area contributed by atoms with Gasteiger partial charge in [0.25, 0.3) is 0 Å². The minimum atomic E-state index is 0. The maximum atomic E-state index is 9.77. The Kier molecular flexibility index (Phi) is 15.6. The summed E-state index contributed by atoms with van der Waals surface area (Å²) in [6.45, 7) is 0.0364. The lowest BCUT2D eigenvalue weighted by Gasteiger charge is -2.18. The zero-order valence-electron chi connectivity index (χ0n) is 32.2. The number of benzene rings is 8. The van der Waals surface area contributed by atoms with Gasteiger partial charge < -0.3 is 20.1 Å². The molecule has 0 atom stereocenters. The number of phenols is 2. The predicted octanol–water partition coefficient (Wildman–Crippen LogP) is 13.6. The zero-order chi connectivity index (χ0) is 40.1. The van der Waals surface area contributed by atoms with E-state index < -0.39 is 0 Å². The van der Waals surface area contributed by atoms with Gasteiger partial charge >= 0.3 is 0 Å². The minimum absolute atomic E-state index is 0. The highest BCUT2D eigenvalue weighted by molar-refractivity contribution is 6.05. The summed E-state index contributed by atoms with van der Waals surface area (Å²) in [4.78, 5) is 0. The van der Waals surface area contributed by atoms with Crippen LogP contribution in [0.1, 0.15) is 64.9 Å². The van der Waals surface area contributed by atoms with E-state index in [1.165, 1.54) is 0 Å². The van der Waals surface area contributed by atoms with Crippen molar-refractivity contribution in [1.29, 1.82) is 0 Å². The Labute approximate surface area is 355 Å². The molecule has 0 aliphatic carbocycles. The number of aliphatic hydroxyl groups excluding tert-OH is 1. The first-order chi connectivity index (χ1) is 28.5. The quantitative estimate of drug-likeness (QED) is 0.121. The van der Waals surface area contributed by atoms with Gasteiger partial charge in [0, 0.05) is 0 Å². The molecule has 3 N–H and O–H groups in total. The van der Waals surface area contributed by atoms with Crippen LogP contribution in [0.25, 0.3) is 22.3 Å². The SMILES string of the molecule is C.C.COc1ccc(/C(=C(\c2ccccc2)c2ccc(CO)cc2)c2ccccc2)cc1.Oc1ccc(/C(=C(\c2ccccc2)c2ccc(O)cc2)c2ccccc2)cc1. The Morgan fingerprint density at radius 1 is 0.333 bits per heavy atom. The number of hydrogen-bond acceptors (Lipinski definition) is 4. The first kappa shape index (κ1) is 43.7. The molecule has 4 nitrogen and oxygen atoms in total. The van der Waals surface area contributed by atoms with E-state index in [-0.39, 0.29) is 33.0 Å². The fraction of sp³-hybridized carbons (Fsp3) is 0.0714. The van der Waals surface area contributed by atoms with Gasteiger partial charge in [0.05, 0.1) is 13.7 Å². The van der Waals surface area contributed by atoms with E-state index in [9.17, 15) is 15.3 Å². The number of methoxy groups -OCH3 is 1. The Hall–Kier alpha value is -7.40. The molecular formula is C56H52O4. The summed E-state index contributed by atoms with van der Waals surface area (Å²) in [5, 5.41) is 29.0. The van der Waals surface area contributed by atoms with Crippen molar-refractivity contribution in [2.75, 3.05) is 7.11 Å². The van der Waals surface area contributed by atoms with E-state index in [4.69, 9.17) is 4.74 Å². The normalized spacial score (nSPS) is 11.3. The fourth-order valence-electron chi connectivity index (χ4n) is 7.03. The second kappa shape index (κ2) is 21.4. The number of rotatable bonds is 10. The molecule has 0 spiro atoms. The van der Waals surface area contributed by atoms with Crippen molar-refractivity contribution in [1.82, 2.24) is 0 Å². The van der Waals surface area contributed by atoms with Crippen LogP contribution in [-0.2, 0) is 6.61 Å². The fourth-order valence-corrected chi connectivity index (χ4v) is 7.03. The van der Waals surface area contributed by atoms with Gasteiger partial charge in [-0.15, -0.1) is 0 Å². The summed E-state index contributed by atoms with van der Waals surface area (Å²) in [7, 11) is 1.68. The van der Waals surface area contributed by atoms with Crippen LogP contribution in [0.3, 0.4) is 0 Å². The van der Waals surface area contributed by atoms with Gasteiger partial charge in [0.15, 0.2) is 0 Å². The number of ether oxygens (including phenoxy) is 1. The molecule has 0 aliphatic heterocycles. The van der Waals surface area contributed by atoms with E-state index in [0.717, 1.165) is 78.1 Å². The third kappa shape index (κ3) is 10.6. The summed E-state index contributed by atoms with van der Waals surface area (Å²) in [6, 6.07) is 72.2. The van der Waals surface area contributed by atoms with Gasteiger partial charge in [0.1, 0.15) is 17.2 Å². The molecule has 0 amide bonds. The molecule has 8 aromatic rings. The first-order valence-corrected chi connectivity index (χ1v) is 19.2. The van der Waals surface area contributed by atoms with E-state index in [2.05, 4.69) is 97.1 Å². The lowest BCUT2D eigenvalue weighted by molar-refractivity contribution is 0.282. The second-order valence-corrected chi connectivity index (χ2v) is 13.6. The van der Waals surface area contributed by atoms with Gasteiger partial charge in [-0.3, -0.25) is 0 Å². The Morgan fingerprint density at radius 3 is 0.817 bits per heavy atom. The van der Waals surface area contributed by atoms with Crippen molar-refractivity contribution in [2.45, 2.75) is 21.5 Å². The lowest BCUT2D eigenvalue weighted by atomic mass is 9.85. The molecule has 0 fully saturated rings. The summed E-state index contributed by atoms with van der Waals surface area (Å²) in [5.74, 6) is 1.31. The van der Waals surface area contributed by atoms with Crippen molar-refractivity contribution >= 4 is 22.3 Å². The minimum Gasteiger partial charge on any atom is -0.508 e. The van der Waals surface area contributed by atoms with E-state index >= 15 is 0 Å². The molecule has 0 saturated heterocycles. The lowest BCUT2D eigenvalue weighted by Crippen LogP contribution is -1.98. The molecule has 300 valence electrons. The van der Waals surface area contributed by atoms with E-state index in [1.54, 1.807) is 31.4 Å². The van der Waals surface area contributed by atoms with Gasteiger partial charge in [-0.05, 0) is 109 Å². The van der Waals surface area contributed by atoms with Crippen molar-refractivity contribution in [3.8, 4) is 17.2 Å². The highest BCUT2D eigenvalue weighted by atomic mass is 16.5. The van der Waals surface area contributed by atoms with Crippen LogP contribution in [0.4, 0.5) is 0 Å². The number of aliphatic hydroxyl groups is 1. The molecule has 0 aliphatic rings. The van der Waals surface area contributed by atoms with Crippen LogP contribution in [-0.4, -0.2) is 22.4 Å². The first-order valence-electron chi connectivity index (χ1n) is 19.2. The second-order valence-electron chi connectivity index (χ2n) is 13.6. The monoisotopic (exact) mass is 788 g/mol. The number of hydrogen-bond donors (Lipinski definition) is 3. The Balaban J connectivity index is 0.000000221. The van der Waals surface area contributed by atoms with Gasteiger partial charge in [0.2, 0.25) is 0 Å². The highest BCUT2D eigenvalue weighted by Gasteiger charge is 2.18.